The van der Waals surface area contributed by atoms with Crippen molar-refractivity contribution in [2.45, 2.75) is 39.3 Å². The minimum Gasteiger partial charge on any atom is -0.444 e. The van der Waals surface area contributed by atoms with Crippen LogP contribution in [0.5, 0.6) is 0 Å². The van der Waals surface area contributed by atoms with Gasteiger partial charge < -0.3 is 15.4 Å². The summed E-state index contributed by atoms with van der Waals surface area (Å²) in [5.41, 5.74) is 3.39. The summed E-state index contributed by atoms with van der Waals surface area (Å²) in [7, 11) is 0. The van der Waals surface area contributed by atoms with Crippen molar-refractivity contribution >= 4 is 17.9 Å². The summed E-state index contributed by atoms with van der Waals surface area (Å²) in [5, 5.41) is 6.67. The Bertz CT molecular complexity index is 835. The molecule has 7 heteroatoms. The van der Waals surface area contributed by atoms with Crippen LogP contribution in [-0.2, 0) is 17.8 Å². The average molecular weight is 381 g/mol. The summed E-state index contributed by atoms with van der Waals surface area (Å²) >= 11 is 0. The van der Waals surface area contributed by atoms with E-state index in [1.807, 2.05) is 6.92 Å². The molecule has 1 amide bonds. The van der Waals surface area contributed by atoms with E-state index in [1.54, 1.807) is 6.20 Å². The molecule has 0 saturated carbocycles. The van der Waals surface area contributed by atoms with E-state index in [1.165, 1.54) is 22.4 Å². The number of hydrogen-bond donors (Lipinski definition) is 2. The van der Waals surface area contributed by atoms with E-state index < -0.39 is 0 Å². The number of nitrogens with zero attached hydrogens (tertiary/aromatic N) is 3. The molecule has 28 heavy (non-hydrogen) atoms. The van der Waals surface area contributed by atoms with Crippen LogP contribution in [-0.4, -0.2) is 35.7 Å². The highest BCUT2D eigenvalue weighted by Gasteiger charge is 2.26. The van der Waals surface area contributed by atoms with E-state index >= 15 is 0 Å². The number of cyclic esters (lactones) is 1. The van der Waals surface area contributed by atoms with Crippen molar-refractivity contribution in [2.75, 3.05) is 29.9 Å². The van der Waals surface area contributed by atoms with Crippen LogP contribution in [0.25, 0.3) is 0 Å². The third-order valence-corrected chi connectivity index (χ3v) is 5.52. The molecule has 4 rings (SSSR count). The number of carbonyl (C=O) groups is 1. The first-order valence-electron chi connectivity index (χ1n) is 10.0. The summed E-state index contributed by atoms with van der Waals surface area (Å²) < 4.78 is 5.14. The van der Waals surface area contributed by atoms with Gasteiger partial charge in [-0.15, -0.1) is 0 Å². The van der Waals surface area contributed by atoms with Crippen LogP contribution in [0.3, 0.4) is 0 Å². The maximum absolute atomic E-state index is 11.9. The lowest BCUT2D eigenvalue weighted by atomic mass is 9.94. The van der Waals surface area contributed by atoms with Gasteiger partial charge in [0.05, 0.1) is 11.6 Å². The lowest BCUT2D eigenvalue weighted by Gasteiger charge is -2.27. The van der Waals surface area contributed by atoms with Gasteiger partial charge in [-0.05, 0) is 56.8 Å². The van der Waals surface area contributed by atoms with E-state index in [4.69, 9.17) is 4.74 Å². The summed E-state index contributed by atoms with van der Waals surface area (Å²) in [6.45, 7) is 7.04. The van der Waals surface area contributed by atoms with Gasteiger partial charge in [-0.25, -0.2) is 9.78 Å². The zero-order valence-corrected chi connectivity index (χ0v) is 16.4. The van der Waals surface area contributed by atoms with Gasteiger partial charge in [-0.3, -0.25) is 4.90 Å². The lowest BCUT2D eigenvalue weighted by Crippen LogP contribution is -2.42. The monoisotopic (exact) mass is 381 g/mol. The zero-order chi connectivity index (χ0) is 19.5. The second kappa shape index (κ2) is 8.14. The third-order valence-electron chi connectivity index (χ3n) is 5.52. The van der Waals surface area contributed by atoms with Gasteiger partial charge in [0, 0.05) is 12.7 Å². The quantitative estimate of drug-likeness (QED) is 0.766. The molecule has 1 unspecified atom stereocenters. The van der Waals surface area contributed by atoms with Crippen LogP contribution in [0.15, 0.2) is 30.5 Å². The second-order valence-electron chi connectivity index (χ2n) is 7.51. The molecule has 1 fully saturated rings. The Labute approximate surface area is 165 Å². The molecule has 1 saturated heterocycles. The predicted molar refractivity (Wildman–Crippen MR) is 108 cm³/mol. The zero-order valence-electron chi connectivity index (χ0n) is 16.4. The van der Waals surface area contributed by atoms with Crippen molar-refractivity contribution in [1.29, 1.82) is 0 Å². The maximum Gasteiger partial charge on any atom is 0.415 e. The molecule has 0 aliphatic carbocycles. The highest BCUT2D eigenvalue weighted by atomic mass is 16.6. The van der Waals surface area contributed by atoms with Gasteiger partial charge in [0.1, 0.15) is 12.4 Å². The van der Waals surface area contributed by atoms with Crippen LogP contribution >= 0.6 is 0 Å². The summed E-state index contributed by atoms with van der Waals surface area (Å²) in [4.78, 5) is 22.4. The normalized spacial score (nSPS) is 17.5. The van der Waals surface area contributed by atoms with E-state index in [0.29, 0.717) is 18.3 Å². The number of ether oxygens (including phenoxy) is 1. The van der Waals surface area contributed by atoms with Crippen LogP contribution in [0.2, 0.25) is 0 Å². The molecule has 2 aliphatic heterocycles. The second-order valence-corrected chi connectivity index (χ2v) is 7.51. The Morgan fingerprint density at radius 3 is 2.79 bits per heavy atom. The number of rotatable bonds is 7. The van der Waals surface area contributed by atoms with Crippen molar-refractivity contribution in [3.63, 3.8) is 0 Å². The van der Waals surface area contributed by atoms with Crippen molar-refractivity contribution in [2.24, 2.45) is 5.92 Å². The maximum atomic E-state index is 11.9. The Morgan fingerprint density at radius 2 is 2.11 bits per heavy atom. The SMILES string of the molecule is CCN1C(=O)OCc2cnc(NC(C)c3ccc(CCC4CNC4)cc3)nc21. The van der Waals surface area contributed by atoms with Crippen LogP contribution < -0.4 is 15.5 Å². The average Bonchev–Trinajstić information content (AvgIpc) is 2.67. The number of carbonyl (C=O) groups excluding carboxylic acids is 1. The molecule has 148 valence electrons. The van der Waals surface area contributed by atoms with Gasteiger partial charge in [0.2, 0.25) is 5.95 Å². The Hall–Kier alpha value is -2.67. The molecule has 1 aromatic carbocycles. The fraction of sp³-hybridized carbons (Fsp3) is 0.476. The first kappa shape index (κ1) is 18.7. The smallest absolute Gasteiger partial charge is 0.415 e. The molecule has 2 N–H and O–H groups in total. The molecule has 2 aliphatic rings. The standard InChI is InChI=1S/C21H27N5O2/c1-3-26-19-18(13-28-21(26)27)12-23-20(25-19)24-14(2)17-8-6-15(7-9-17)4-5-16-10-22-11-16/h6-9,12,14,16,22H,3-5,10-11,13H2,1-2H3,(H,23,24,25). The molecule has 0 bridgehead atoms. The fourth-order valence-electron chi connectivity index (χ4n) is 3.56. The van der Waals surface area contributed by atoms with E-state index in [-0.39, 0.29) is 18.7 Å². The van der Waals surface area contributed by atoms with Crippen LogP contribution in [0.1, 0.15) is 43.0 Å². The number of anilines is 2. The van der Waals surface area contributed by atoms with Crippen molar-refractivity contribution in [1.82, 2.24) is 15.3 Å². The first-order chi connectivity index (χ1) is 13.6. The number of aryl methyl sites for hydroxylation is 1. The molecule has 7 nitrogen and oxygen atoms in total. The Balaban J connectivity index is 1.41. The molecule has 1 aromatic heterocycles. The van der Waals surface area contributed by atoms with Crippen molar-refractivity contribution < 1.29 is 9.53 Å². The summed E-state index contributed by atoms with van der Waals surface area (Å²) in [6.07, 6.45) is 3.75. The van der Waals surface area contributed by atoms with Crippen molar-refractivity contribution in [3.05, 3.63) is 47.2 Å². The van der Waals surface area contributed by atoms with Gasteiger partial charge in [-0.1, -0.05) is 24.3 Å². The van der Waals surface area contributed by atoms with Crippen LogP contribution in [0, 0.1) is 5.92 Å². The van der Waals surface area contributed by atoms with E-state index in [0.717, 1.165) is 31.0 Å². The summed E-state index contributed by atoms with van der Waals surface area (Å²) in [5.74, 6) is 1.98. The van der Waals surface area contributed by atoms with Gasteiger partial charge in [-0.2, -0.15) is 4.98 Å². The molecular formula is C21H27N5O2. The molecule has 2 aromatic rings. The molecule has 3 heterocycles. The predicted octanol–water partition coefficient (Wildman–Crippen LogP) is 3.28. The largest absolute Gasteiger partial charge is 0.444 e. The molecule has 0 radical (unpaired) electrons. The number of nitrogens with one attached hydrogen (secondary N) is 2. The summed E-state index contributed by atoms with van der Waals surface area (Å²) in [6, 6.07) is 8.82. The number of aromatic nitrogens is 2. The van der Waals surface area contributed by atoms with Gasteiger partial charge in [0.15, 0.2) is 0 Å². The van der Waals surface area contributed by atoms with Crippen LogP contribution in [0.4, 0.5) is 16.6 Å². The number of amides is 1. The topological polar surface area (TPSA) is 79.4 Å². The molecule has 0 spiro atoms. The third kappa shape index (κ3) is 3.94. The minimum absolute atomic E-state index is 0.0635. The first-order valence-corrected chi connectivity index (χ1v) is 10.0. The molecule has 1 atom stereocenters. The van der Waals surface area contributed by atoms with Crippen molar-refractivity contribution in [3.8, 4) is 0 Å². The van der Waals surface area contributed by atoms with Gasteiger partial charge in [0.25, 0.3) is 0 Å². The van der Waals surface area contributed by atoms with E-state index in [9.17, 15) is 4.79 Å². The minimum atomic E-state index is -0.360. The Morgan fingerprint density at radius 1 is 1.32 bits per heavy atom. The number of fused-ring (bicyclic) bond motifs is 1. The van der Waals surface area contributed by atoms with Gasteiger partial charge >= 0.3 is 6.09 Å². The van der Waals surface area contributed by atoms with E-state index in [2.05, 4.69) is 51.8 Å². The Kier molecular flexibility index (Phi) is 5.43. The number of benzene rings is 1. The highest BCUT2D eigenvalue weighted by molar-refractivity contribution is 5.89. The lowest BCUT2D eigenvalue weighted by molar-refractivity contribution is 0.141. The number of hydrogen-bond acceptors (Lipinski definition) is 6. The molecular weight excluding hydrogens is 354 g/mol. The highest BCUT2D eigenvalue weighted by Crippen LogP contribution is 2.26. The fourth-order valence-corrected chi connectivity index (χ4v) is 3.56.